The number of non-ortho nitro benzene ring substituents is 1. The summed E-state index contributed by atoms with van der Waals surface area (Å²) in [5, 5.41) is 10.8. The van der Waals surface area contributed by atoms with E-state index in [1.165, 1.54) is 12.1 Å². The zero-order chi connectivity index (χ0) is 15.8. The Morgan fingerprint density at radius 2 is 2.00 bits per heavy atom. The van der Waals surface area contributed by atoms with Crippen LogP contribution in [-0.4, -0.2) is 14.9 Å². The molecule has 1 aromatic carbocycles. The van der Waals surface area contributed by atoms with E-state index in [-0.39, 0.29) is 16.7 Å². The summed E-state index contributed by atoms with van der Waals surface area (Å²) in [5.74, 6) is 0.317. The highest BCUT2D eigenvalue weighted by atomic mass is 79.9. The molecule has 0 bridgehead atoms. The molecular weight excluding hydrogens is 338 g/mol. The largest absolute Gasteiger partial charge is 0.306 e. The second-order valence-corrected chi connectivity index (χ2v) is 6.43. The van der Waals surface area contributed by atoms with E-state index >= 15 is 0 Å². The molecule has 0 amide bonds. The van der Waals surface area contributed by atoms with Crippen molar-refractivity contribution in [3.8, 4) is 11.4 Å². The van der Waals surface area contributed by atoms with Crippen molar-refractivity contribution in [2.24, 2.45) is 0 Å². The summed E-state index contributed by atoms with van der Waals surface area (Å²) in [6.07, 6.45) is 0. The second kappa shape index (κ2) is 5.40. The summed E-state index contributed by atoms with van der Waals surface area (Å²) < 4.78 is 0.379. The van der Waals surface area contributed by atoms with Crippen LogP contribution < -0.4 is 5.56 Å². The maximum atomic E-state index is 12.0. The molecule has 0 fully saturated rings. The van der Waals surface area contributed by atoms with Gasteiger partial charge in [-0.05, 0) is 15.9 Å². The van der Waals surface area contributed by atoms with E-state index in [1.54, 1.807) is 12.1 Å². The third-order valence-electron chi connectivity index (χ3n) is 2.90. The van der Waals surface area contributed by atoms with Gasteiger partial charge in [0.25, 0.3) is 11.2 Å². The van der Waals surface area contributed by atoms with Crippen molar-refractivity contribution < 1.29 is 4.92 Å². The maximum Gasteiger partial charge on any atom is 0.270 e. The van der Waals surface area contributed by atoms with E-state index in [1.807, 2.05) is 20.8 Å². The quantitative estimate of drug-likeness (QED) is 0.663. The van der Waals surface area contributed by atoms with E-state index in [2.05, 4.69) is 25.9 Å². The molecule has 0 radical (unpaired) electrons. The minimum atomic E-state index is -0.481. The minimum absolute atomic E-state index is 0.0459. The first-order chi connectivity index (χ1) is 9.70. The molecule has 0 saturated carbocycles. The van der Waals surface area contributed by atoms with Crippen LogP contribution >= 0.6 is 15.9 Å². The number of rotatable bonds is 2. The highest BCUT2D eigenvalue weighted by Crippen LogP contribution is 2.28. The molecule has 2 rings (SSSR count). The molecular formula is C14H14BrN3O3. The molecule has 0 spiro atoms. The van der Waals surface area contributed by atoms with E-state index in [0.29, 0.717) is 21.6 Å². The van der Waals surface area contributed by atoms with E-state index in [0.717, 1.165) is 0 Å². The average molecular weight is 352 g/mol. The van der Waals surface area contributed by atoms with Crippen molar-refractivity contribution in [2.75, 3.05) is 0 Å². The Balaban J connectivity index is 2.66. The van der Waals surface area contributed by atoms with Gasteiger partial charge in [0.2, 0.25) is 0 Å². The number of hydrogen-bond acceptors (Lipinski definition) is 4. The summed E-state index contributed by atoms with van der Waals surface area (Å²) in [5.41, 5.74) is 0.418. The number of aromatic nitrogens is 2. The lowest BCUT2D eigenvalue weighted by Crippen LogP contribution is -2.22. The summed E-state index contributed by atoms with van der Waals surface area (Å²) in [4.78, 5) is 29.5. The van der Waals surface area contributed by atoms with Crippen molar-refractivity contribution in [1.82, 2.24) is 9.97 Å². The van der Waals surface area contributed by atoms with Crippen LogP contribution in [0.25, 0.3) is 11.4 Å². The SMILES string of the molecule is CC(C)(C)c1nc(-c2cccc([N+](=O)[O-])c2)[nH]c(=O)c1Br. The summed E-state index contributed by atoms with van der Waals surface area (Å²) >= 11 is 3.25. The van der Waals surface area contributed by atoms with Crippen LogP contribution in [0.1, 0.15) is 26.5 Å². The van der Waals surface area contributed by atoms with E-state index < -0.39 is 4.92 Å². The lowest BCUT2D eigenvalue weighted by molar-refractivity contribution is -0.384. The van der Waals surface area contributed by atoms with Gasteiger partial charge in [0.15, 0.2) is 0 Å². The Labute approximate surface area is 129 Å². The van der Waals surface area contributed by atoms with Gasteiger partial charge in [0, 0.05) is 23.1 Å². The monoisotopic (exact) mass is 351 g/mol. The number of nitro benzene ring substituents is 1. The first-order valence-corrected chi connectivity index (χ1v) is 7.04. The lowest BCUT2D eigenvalue weighted by atomic mass is 9.92. The van der Waals surface area contributed by atoms with Crippen molar-refractivity contribution in [3.63, 3.8) is 0 Å². The standard InChI is InChI=1S/C14H14BrN3O3/c1-14(2,3)11-10(15)13(19)17-12(16-11)8-5-4-6-9(7-8)18(20)21/h4-7H,1-3H3,(H,16,17,19). The van der Waals surface area contributed by atoms with Gasteiger partial charge >= 0.3 is 0 Å². The third-order valence-corrected chi connectivity index (χ3v) is 3.64. The van der Waals surface area contributed by atoms with Gasteiger partial charge in [-0.1, -0.05) is 32.9 Å². The fraction of sp³-hybridized carbons (Fsp3) is 0.286. The van der Waals surface area contributed by atoms with Crippen molar-refractivity contribution in [1.29, 1.82) is 0 Å². The Morgan fingerprint density at radius 1 is 1.33 bits per heavy atom. The number of H-pyrrole nitrogens is 1. The predicted octanol–water partition coefficient (Wildman–Crippen LogP) is 3.41. The van der Waals surface area contributed by atoms with Gasteiger partial charge in [0.1, 0.15) is 10.3 Å². The van der Waals surface area contributed by atoms with Crippen molar-refractivity contribution in [2.45, 2.75) is 26.2 Å². The normalized spacial score (nSPS) is 11.4. The highest BCUT2D eigenvalue weighted by molar-refractivity contribution is 9.10. The van der Waals surface area contributed by atoms with Gasteiger partial charge in [0.05, 0.1) is 10.6 Å². The van der Waals surface area contributed by atoms with Crippen LogP contribution in [0.4, 0.5) is 5.69 Å². The summed E-state index contributed by atoms with van der Waals surface area (Å²) in [6.45, 7) is 5.82. The number of nitro groups is 1. The molecule has 6 nitrogen and oxygen atoms in total. The molecule has 0 aliphatic heterocycles. The Bertz CT molecular complexity index is 763. The van der Waals surface area contributed by atoms with Crippen LogP contribution in [-0.2, 0) is 5.41 Å². The topological polar surface area (TPSA) is 88.9 Å². The second-order valence-electron chi connectivity index (χ2n) is 5.63. The molecule has 0 atom stereocenters. The first-order valence-electron chi connectivity index (χ1n) is 6.25. The van der Waals surface area contributed by atoms with Gasteiger partial charge in [-0.3, -0.25) is 14.9 Å². The summed E-state index contributed by atoms with van der Waals surface area (Å²) in [6, 6.07) is 6.02. The van der Waals surface area contributed by atoms with Crippen LogP contribution in [0.15, 0.2) is 33.5 Å². The molecule has 1 heterocycles. The highest BCUT2D eigenvalue weighted by Gasteiger charge is 2.22. The molecule has 0 aliphatic rings. The molecule has 0 unspecified atom stereocenters. The molecule has 1 N–H and O–H groups in total. The third kappa shape index (κ3) is 3.18. The number of aromatic amines is 1. The van der Waals surface area contributed by atoms with Crippen LogP contribution in [0.2, 0.25) is 0 Å². The molecule has 7 heteroatoms. The molecule has 0 aliphatic carbocycles. The Hall–Kier alpha value is -2.02. The number of halogens is 1. The molecule has 21 heavy (non-hydrogen) atoms. The van der Waals surface area contributed by atoms with Gasteiger partial charge in [-0.25, -0.2) is 4.98 Å². The fourth-order valence-electron chi connectivity index (χ4n) is 1.86. The molecule has 2 aromatic rings. The Morgan fingerprint density at radius 3 is 2.57 bits per heavy atom. The fourth-order valence-corrected chi connectivity index (χ4v) is 2.64. The molecule has 1 aromatic heterocycles. The maximum absolute atomic E-state index is 12.0. The van der Waals surface area contributed by atoms with Crippen molar-refractivity contribution >= 4 is 21.6 Å². The number of nitrogens with zero attached hydrogens (tertiary/aromatic N) is 2. The Kier molecular flexibility index (Phi) is 3.95. The zero-order valence-electron chi connectivity index (χ0n) is 11.8. The van der Waals surface area contributed by atoms with E-state index in [9.17, 15) is 14.9 Å². The van der Waals surface area contributed by atoms with Gasteiger partial charge in [-0.2, -0.15) is 0 Å². The number of hydrogen-bond donors (Lipinski definition) is 1. The summed E-state index contributed by atoms with van der Waals surface area (Å²) in [7, 11) is 0. The lowest BCUT2D eigenvalue weighted by Gasteiger charge is -2.19. The molecule has 0 saturated heterocycles. The van der Waals surface area contributed by atoms with Gasteiger partial charge in [-0.15, -0.1) is 0 Å². The minimum Gasteiger partial charge on any atom is -0.306 e. The van der Waals surface area contributed by atoms with Crippen LogP contribution in [0.5, 0.6) is 0 Å². The zero-order valence-corrected chi connectivity index (χ0v) is 13.4. The number of nitrogens with one attached hydrogen (secondary N) is 1. The molecule has 110 valence electrons. The van der Waals surface area contributed by atoms with Gasteiger partial charge < -0.3 is 4.98 Å². The number of benzene rings is 1. The van der Waals surface area contributed by atoms with Crippen LogP contribution in [0.3, 0.4) is 0 Å². The van der Waals surface area contributed by atoms with E-state index in [4.69, 9.17) is 0 Å². The predicted molar refractivity (Wildman–Crippen MR) is 83.3 cm³/mol. The van der Waals surface area contributed by atoms with Crippen LogP contribution in [0, 0.1) is 10.1 Å². The average Bonchev–Trinajstić information content (AvgIpc) is 2.40. The first kappa shape index (κ1) is 15.4. The smallest absolute Gasteiger partial charge is 0.270 e. The van der Waals surface area contributed by atoms with Crippen molar-refractivity contribution in [3.05, 3.63) is 54.9 Å².